The van der Waals surface area contributed by atoms with Gasteiger partial charge in [-0.1, -0.05) is 28.4 Å². The second kappa shape index (κ2) is 6.37. The van der Waals surface area contributed by atoms with Gasteiger partial charge in [0.15, 0.2) is 5.60 Å². The number of oxime groups is 1. The van der Waals surface area contributed by atoms with E-state index in [9.17, 15) is 4.57 Å². The summed E-state index contributed by atoms with van der Waals surface area (Å²) in [4.78, 5) is 5.25. The van der Waals surface area contributed by atoms with Gasteiger partial charge >= 0.3 is 7.60 Å². The van der Waals surface area contributed by atoms with Gasteiger partial charge in [0.25, 0.3) is 0 Å². The molecule has 0 atom stereocenters. The zero-order valence-electron chi connectivity index (χ0n) is 12.4. The van der Waals surface area contributed by atoms with Gasteiger partial charge < -0.3 is 13.9 Å². The van der Waals surface area contributed by atoms with Crippen molar-refractivity contribution in [1.29, 1.82) is 0 Å². The Labute approximate surface area is 129 Å². The molecule has 0 bridgehead atoms. The molecule has 0 aromatic heterocycles. The van der Waals surface area contributed by atoms with Crippen LogP contribution in [0.1, 0.15) is 41.5 Å². The summed E-state index contributed by atoms with van der Waals surface area (Å²) in [6.45, 7) is 10.4. The summed E-state index contributed by atoms with van der Waals surface area (Å²) in [7, 11) is -3.71. The Morgan fingerprint density at radius 2 is 1.60 bits per heavy atom. The zero-order chi connectivity index (χ0) is 15.7. The van der Waals surface area contributed by atoms with Gasteiger partial charge in [0.1, 0.15) is 0 Å². The lowest BCUT2D eigenvalue weighted by Crippen LogP contribution is -2.29. The molecule has 0 saturated carbocycles. The summed E-state index contributed by atoms with van der Waals surface area (Å²) < 4.78 is 23.8. The molecule has 5 nitrogen and oxygen atoms in total. The van der Waals surface area contributed by atoms with Crippen molar-refractivity contribution in [2.45, 2.75) is 59.4 Å². The van der Waals surface area contributed by atoms with Crippen molar-refractivity contribution in [3.05, 3.63) is 10.1 Å². The molecule has 0 spiro atoms. The molecule has 1 rings (SSSR count). The first-order chi connectivity index (χ1) is 8.99. The molecule has 0 radical (unpaired) electrons. The third kappa shape index (κ3) is 3.99. The third-order valence-electron chi connectivity index (χ3n) is 2.24. The normalized spacial score (nSPS) is 19.4. The highest BCUT2D eigenvalue weighted by Crippen LogP contribution is 2.56. The van der Waals surface area contributed by atoms with Gasteiger partial charge in [-0.05, 0) is 41.5 Å². The molecule has 8 heteroatoms. The van der Waals surface area contributed by atoms with E-state index in [0.29, 0.717) is 0 Å². The lowest BCUT2D eigenvalue weighted by molar-refractivity contribution is 0.0172. The molecule has 0 aromatic rings. The number of rotatable bonds is 5. The zero-order valence-corrected chi connectivity index (χ0v) is 14.8. The Balaban J connectivity index is 3.24. The van der Waals surface area contributed by atoms with Crippen molar-refractivity contribution in [3.8, 4) is 0 Å². The molecule has 0 fully saturated rings. The van der Waals surface area contributed by atoms with Crippen LogP contribution in [0.5, 0.6) is 0 Å². The fourth-order valence-corrected chi connectivity index (χ4v) is 4.07. The molecular formula is C12H20Cl2NO4P. The summed E-state index contributed by atoms with van der Waals surface area (Å²) in [5.41, 5.74) is -0.964. The predicted molar refractivity (Wildman–Crippen MR) is 81.4 cm³/mol. The van der Waals surface area contributed by atoms with Crippen LogP contribution >= 0.6 is 30.8 Å². The van der Waals surface area contributed by atoms with E-state index in [2.05, 4.69) is 5.16 Å². The topological polar surface area (TPSA) is 57.1 Å². The standard InChI is InChI=1S/C12H20Cl2NO4P/c1-7(2)17-20(16,18-8(3)4)11-9(13)10(14)12(5,6)19-15-11/h7-8H,1-6H3. The second-order valence-corrected chi connectivity index (χ2v) is 8.05. The van der Waals surface area contributed by atoms with E-state index < -0.39 is 13.2 Å². The van der Waals surface area contributed by atoms with Gasteiger partial charge in [-0.25, -0.2) is 0 Å². The average Bonchev–Trinajstić information content (AvgIpc) is 2.23. The molecule has 0 N–H and O–H groups in total. The van der Waals surface area contributed by atoms with E-state index in [1.165, 1.54) is 0 Å². The monoisotopic (exact) mass is 343 g/mol. The molecule has 20 heavy (non-hydrogen) atoms. The highest BCUT2D eigenvalue weighted by Gasteiger charge is 2.44. The van der Waals surface area contributed by atoms with Crippen LogP contribution in [0, 0.1) is 0 Å². The number of halogens is 2. The van der Waals surface area contributed by atoms with Crippen LogP contribution in [-0.4, -0.2) is 23.3 Å². The molecule has 1 heterocycles. The molecule has 0 amide bonds. The van der Waals surface area contributed by atoms with Crippen LogP contribution in [0.4, 0.5) is 0 Å². The maximum absolute atomic E-state index is 12.9. The van der Waals surface area contributed by atoms with Crippen molar-refractivity contribution in [2.24, 2.45) is 5.16 Å². The van der Waals surface area contributed by atoms with E-state index in [-0.39, 0.29) is 27.7 Å². The van der Waals surface area contributed by atoms with Crippen LogP contribution in [0.3, 0.4) is 0 Å². The van der Waals surface area contributed by atoms with Crippen molar-refractivity contribution in [3.63, 3.8) is 0 Å². The van der Waals surface area contributed by atoms with Gasteiger partial charge in [-0.15, -0.1) is 0 Å². The fraction of sp³-hybridized carbons (Fsp3) is 0.750. The van der Waals surface area contributed by atoms with E-state index in [0.717, 1.165) is 0 Å². The van der Waals surface area contributed by atoms with Crippen LogP contribution in [-0.2, 0) is 18.5 Å². The minimum absolute atomic E-state index is 0.0487. The van der Waals surface area contributed by atoms with Crippen molar-refractivity contribution in [1.82, 2.24) is 0 Å². The van der Waals surface area contributed by atoms with Crippen molar-refractivity contribution in [2.75, 3.05) is 0 Å². The predicted octanol–water partition coefficient (Wildman–Crippen LogP) is 4.84. The largest absolute Gasteiger partial charge is 0.385 e. The van der Waals surface area contributed by atoms with E-state index >= 15 is 0 Å². The Kier molecular flexibility index (Phi) is 5.73. The summed E-state index contributed by atoms with van der Waals surface area (Å²) in [5, 5.41) is 4.08. The van der Waals surface area contributed by atoms with Gasteiger partial charge in [0.2, 0.25) is 5.45 Å². The highest BCUT2D eigenvalue weighted by molar-refractivity contribution is 7.73. The SMILES string of the molecule is CC(C)OP(=O)(OC(C)C)C1=NOC(C)(C)C(Cl)=C1Cl. The Morgan fingerprint density at radius 3 is 2.00 bits per heavy atom. The van der Waals surface area contributed by atoms with Gasteiger partial charge in [-0.3, -0.25) is 4.57 Å². The van der Waals surface area contributed by atoms with E-state index in [4.69, 9.17) is 37.1 Å². The van der Waals surface area contributed by atoms with Crippen LogP contribution in [0.25, 0.3) is 0 Å². The van der Waals surface area contributed by atoms with Crippen molar-refractivity contribution < 1.29 is 18.5 Å². The minimum atomic E-state index is -3.71. The van der Waals surface area contributed by atoms with Crippen LogP contribution < -0.4 is 0 Å². The lowest BCUT2D eigenvalue weighted by atomic mass is 10.1. The first-order valence-corrected chi connectivity index (χ1v) is 8.59. The van der Waals surface area contributed by atoms with Crippen LogP contribution in [0.15, 0.2) is 15.2 Å². The van der Waals surface area contributed by atoms with Gasteiger partial charge in [0, 0.05) is 0 Å². The minimum Gasteiger partial charge on any atom is -0.383 e. The third-order valence-corrected chi connectivity index (χ3v) is 5.70. The molecule has 116 valence electrons. The summed E-state index contributed by atoms with van der Waals surface area (Å²) in [5.74, 6) is 0. The van der Waals surface area contributed by atoms with Crippen LogP contribution in [0.2, 0.25) is 0 Å². The highest BCUT2D eigenvalue weighted by atomic mass is 35.5. The van der Waals surface area contributed by atoms with Gasteiger partial charge in [-0.2, -0.15) is 0 Å². The molecule has 0 aliphatic carbocycles. The number of hydrogen-bond donors (Lipinski definition) is 0. The molecule has 1 aliphatic heterocycles. The number of hydrogen-bond acceptors (Lipinski definition) is 5. The van der Waals surface area contributed by atoms with Gasteiger partial charge in [0.05, 0.1) is 22.3 Å². The van der Waals surface area contributed by atoms with E-state index in [1.807, 2.05) is 0 Å². The molecule has 0 unspecified atom stereocenters. The Bertz CT molecular complexity index is 472. The number of allylic oxidation sites excluding steroid dienone is 1. The maximum atomic E-state index is 12.9. The Morgan fingerprint density at radius 1 is 1.15 bits per heavy atom. The summed E-state index contributed by atoms with van der Waals surface area (Å²) in [6, 6.07) is 0. The second-order valence-electron chi connectivity index (χ2n) is 5.45. The lowest BCUT2D eigenvalue weighted by Gasteiger charge is -2.30. The first-order valence-electron chi connectivity index (χ1n) is 6.29. The fourth-order valence-electron chi connectivity index (χ4n) is 1.45. The average molecular weight is 344 g/mol. The number of nitrogens with zero attached hydrogens (tertiary/aromatic N) is 1. The maximum Gasteiger partial charge on any atom is 0.385 e. The summed E-state index contributed by atoms with van der Waals surface area (Å²) >= 11 is 12.3. The quantitative estimate of drug-likeness (QED) is 0.670. The molecular weight excluding hydrogens is 324 g/mol. The van der Waals surface area contributed by atoms with E-state index in [1.54, 1.807) is 41.5 Å². The molecule has 0 aromatic carbocycles. The Hall–Kier alpha value is -0.0600. The molecule has 1 aliphatic rings. The van der Waals surface area contributed by atoms with Crippen molar-refractivity contribution >= 4 is 36.3 Å². The summed E-state index contributed by atoms with van der Waals surface area (Å²) in [6.07, 6.45) is -0.666. The smallest absolute Gasteiger partial charge is 0.383 e. The first kappa shape index (κ1) is 18.0. The molecule has 0 saturated heterocycles.